The van der Waals surface area contributed by atoms with Gasteiger partial charge in [0.05, 0.1) is 33.4 Å². The van der Waals surface area contributed by atoms with Crippen LogP contribution in [-0.4, -0.2) is 42.7 Å². The van der Waals surface area contributed by atoms with E-state index in [-0.39, 0.29) is 31.0 Å². The van der Waals surface area contributed by atoms with Gasteiger partial charge in [0.25, 0.3) is 5.56 Å². The third kappa shape index (κ3) is 5.04. The Hall–Kier alpha value is -3.85. The molecule has 3 rings (SSSR count). The van der Waals surface area contributed by atoms with Crippen LogP contribution in [0.1, 0.15) is 28.4 Å². The lowest BCUT2D eigenvalue weighted by Crippen LogP contribution is -3.08. The molecule has 0 amide bonds. The van der Waals surface area contributed by atoms with Crippen LogP contribution in [0.3, 0.4) is 0 Å². The molecule has 0 aliphatic carbocycles. The molecular formula is C25H31N4O5+. The van der Waals surface area contributed by atoms with Crippen molar-refractivity contribution in [1.82, 2.24) is 9.13 Å². The van der Waals surface area contributed by atoms with Gasteiger partial charge in [-0.05, 0) is 24.6 Å². The predicted molar refractivity (Wildman–Crippen MR) is 130 cm³/mol. The monoisotopic (exact) mass is 467 g/mol. The zero-order valence-electron chi connectivity index (χ0n) is 20.0. The highest BCUT2D eigenvalue weighted by atomic mass is 16.5. The van der Waals surface area contributed by atoms with E-state index >= 15 is 0 Å². The molecule has 0 fully saturated rings. The topological polar surface area (TPSA) is 110 Å². The number of rotatable bonds is 10. The first-order chi connectivity index (χ1) is 16.3. The maximum Gasteiger partial charge on any atom is 0.332 e. The fourth-order valence-electron chi connectivity index (χ4n) is 4.02. The number of carbonyl (C=O) groups excluding carboxylic acids is 1. The zero-order valence-corrected chi connectivity index (χ0v) is 20.0. The van der Waals surface area contributed by atoms with E-state index < -0.39 is 17.0 Å². The molecular weight excluding hydrogens is 436 g/mol. The first kappa shape index (κ1) is 24.8. The van der Waals surface area contributed by atoms with Gasteiger partial charge in [0.1, 0.15) is 24.5 Å². The summed E-state index contributed by atoms with van der Waals surface area (Å²) in [5.41, 5.74) is 6.60. The minimum Gasteiger partial charge on any atom is -0.493 e. The number of hydrogen-bond acceptors (Lipinski definition) is 6. The van der Waals surface area contributed by atoms with Crippen LogP contribution in [-0.2, 0) is 19.6 Å². The second kappa shape index (κ2) is 10.8. The van der Waals surface area contributed by atoms with Crippen molar-refractivity contribution >= 4 is 11.6 Å². The summed E-state index contributed by atoms with van der Waals surface area (Å²) in [6, 6.07) is 14.8. The highest BCUT2D eigenvalue weighted by molar-refractivity contribution is 6.00. The van der Waals surface area contributed by atoms with E-state index in [4.69, 9.17) is 15.2 Å². The van der Waals surface area contributed by atoms with Gasteiger partial charge in [-0.1, -0.05) is 36.4 Å². The highest BCUT2D eigenvalue weighted by Gasteiger charge is 2.25. The van der Waals surface area contributed by atoms with E-state index in [0.717, 1.165) is 20.6 Å². The van der Waals surface area contributed by atoms with E-state index in [2.05, 4.69) is 0 Å². The molecule has 9 nitrogen and oxygen atoms in total. The fourth-order valence-corrected chi connectivity index (χ4v) is 4.02. The van der Waals surface area contributed by atoms with Crippen molar-refractivity contribution in [2.75, 3.05) is 33.5 Å². The molecule has 0 bridgehead atoms. The molecule has 1 unspecified atom stereocenters. The number of carbonyl (C=O) groups is 1. The van der Waals surface area contributed by atoms with E-state index in [9.17, 15) is 14.4 Å². The summed E-state index contributed by atoms with van der Waals surface area (Å²) in [6.45, 7) is 2.45. The van der Waals surface area contributed by atoms with Gasteiger partial charge in [-0.15, -0.1) is 0 Å². The molecule has 1 atom stereocenters. The van der Waals surface area contributed by atoms with E-state index in [0.29, 0.717) is 18.0 Å². The molecule has 0 aliphatic rings. The molecule has 1 heterocycles. The average Bonchev–Trinajstić information content (AvgIpc) is 2.82. The number of likely N-dealkylation sites (N-methyl/N-ethyl adjacent to an activating group) is 1. The van der Waals surface area contributed by atoms with Gasteiger partial charge in [-0.2, -0.15) is 0 Å². The molecule has 9 heteroatoms. The third-order valence-corrected chi connectivity index (χ3v) is 5.69. The lowest BCUT2D eigenvalue weighted by Gasteiger charge is -2.18. The molecule has 34 heavy (non-hydrogen) atoms. The minimum absolute atomic E-state index is 0.00700. The second-order valence-corrected chi connectivity index (χ2v) is 8.05. The molecule has 0 saturated carbocycles. The molecule has 0 saturated heterocycles. The molecule has 3 N–H and O–H groups in total. The number of quaternary nitrogens is 1. The van der Waals surface area contributed by atoms with Crippen LogP contribution >= 0.6 is 0 Å². The van der Waals surface area contributed by atoms with Crippen LogP contribution < -0.4 is 31.4 Å². The van der Waals surface area contributed by atoms with Gasteiger partial charge in [0.15, 0.2) is 11.5 Å². The summed E-state index contributed by atoms with van der Waals surface area (Å²) >= 11 is 0. The first-order valence-electron chi connectivity index (χ1n) is 11.0. The van der Waals surface area contributed by atoms with Gasteiger partial charge in [0, 0.05) is 6.54 Å². The number of Topliss-reactive ketones (excluding diaryl/α,β-unsaturated/α-hetero) is 1. The number of ketones is 1. The number of aromatic nitrogens is 2. The Morgan fingerprint density at radius 2 is 1.71 bits per heavy atom. The predicted octanol–water partition coefficient (Wildman–Crippen LogP) is 0.575. The smallest absolute Gasteiger partial charge is 0.332 e. The lowest BCUT2D eigenvalue weighted by atomic mass is 10.1. The summed E-state index contributed by atoms with van der Waals surface area (Å²) in [5.74, 6) is 0.662. The van der Waals surface area contributed by atoms with Gasteiger partial charge >= 0.3 is 5.69 Å². The van der Waals surface area contributed by atoms with Crippen molar-refractivity contribution in [2.45, 2.75) is 26.6 Å². The van der Waals surface area contributed by atoms with E-state index in [1.54, 1.807) is 27.2 Å². The standard InChI is InChI=1S/C25H30N4O5/c1-5-28-24(31)21(23(26)29(25(28)32)14-17-10-7-6-8-11-17)19(30)16-27(2)15-18-12-9-13-20(33-3)22(18)34-4/h6-13H,5,14-16,26H2,1-4H3/p+1. The Morgan fingerprint density at radius 1 is 1.00 bits per heavy atom. The van der Waals surface area contributed by atoms with Crippen molar-refractivity contribution < 1.29 is 19.2 Å². The number of ether oxygens (including phenoxy) is 2. The molecule has 1 aromatic heterocycles. The van der Waals surface area contributed by atoms with Gasteiger partial charge < -0.3 is 20.1 Å². The Morgan fingerprint density at radius 3 is 2.32 bits per heavy atom. The van der Waals surface area contributed by atoms with Crippen LogP contribution in [0.5, 0.6) is 11.5 Å². The van der Waals surface area contributed by atoms with Crippen molar-refractivity contribution in [2.24, 2.45) is 0 Å². The summed E-state index contributed by atoms with van der Waals surface area (Å²) < 4.78 is 13.2. The van der Waals surface area contributed by atoms with Gasteiger partial charge in [0.2, 0.25) is 5.78 Å². The number of methoxy groups -OCH3 is 2. The van der Waals surface area contributed by atoms with Crippen molar-refractivity contribution in [3.05, 3.63) is 86.1 Å². The minimum atomic E-state index is -0.661. The Balaban J connectivity index is 1.93. The summed E-state index contributed by atoms with van der Waals surface area (Å²) in [4.78, 5) is 40.0. The molecule has 0 radical (unpaired) electrons. The molecule has 0 aliphatic heterocycles. The first-order valence-corrected chi connectivity index (χ1v) is 11.0. The largest absolute Gasteiger partial charge is 0.493 e. The Kier molecular flexibility index (Phi) is 7.91. The van der Waals surface area contributed by atoms with E-state index in [1.165, 1.54) is 4.57 Å². The summed E-state index contributed by atoms with van der Waals surface area (Å²) in [5, 5.41) is 0. The zero-order chi connectivity index (χ0) is 24.8. The van der Waals surface area contributed by atoms with Crippen LogP contribution in [0, 0.1) is 0 Å². The molecule has 2 aromatic carbocycles. The number of anilines is 1. The summed E-state index contributed by atoms with van der Waals surface area (Å²) in [7, 11) is 4.96. The van der Waals surface area contributed by atoms with Crippen molar-refractivity contribution in [3.63, 3.8) is 0 Å². The molecule has 3 aromatic rings. The third-order valence-electron chi connectivity index (χ3n) is 5.69. The highest BCUT2D eigenvalue weighted by Crippen LogP contribution is 2.30. The normalized spacial score (nSPS) is 11.8. The fraction of sp³-hybridized carbons (Fsp3) is 0.320. The number of para-hydroxylation sites is 1. The van der Waals surface area contributed by atoms with Crippen LogP contribution in [0.2, 0.25) is 0 Å². The van der Waals surface area contributed by atoms with Crippen molar-refractivity contribution in [1.29, 1.82) is 0 Å². The van der Waals surface area contributed by atoms with Crippen LogP contribution in [0.4, 0.5) is 5.82 Å². The van der Waals surface area contributed by atoms with E-state index in [1.807, 2.05) is 49.5 Å². The number of nitrogen functional groups attached to an aromatic ring is 1. The van der Waals surface area contributed by atoms with Crippen LogP contribution in [0.15, 0.2) is 58.1 Å². The Bertz CT molecular complexity index is 1280. The number of nitrogens with one attached hydrogen (secondary N) is 1. The molecule has 0 spiro atoms. The lowest BCUT2D eigenvalue weighted by molar-refractivity contribution is -0.884. The molecule has 180 valence electrons. The Labute approximate surface area is 198 Å². The average molecular weight is 468 g/mol. The maximum atomic E-state index is 13.3. The summed E-state index contributed by atoms with van der Waals surface area (Å²) in [6.07, 6.45) is 0. The second-order valence-electron chi connectivity index (χ2n) is 8.05. The maximum absolute atomic E-state index is 13.3. The number of nitrogens with two attached hydrogens (primary N) is 1. The number of benzene rings is 2. The van der Waals surface area contributed by atoms with Gasteiger partial charge in [-0.25, -0.2) is 4.79 Å². The van der Waals surface area contributed by atoms with Crippen LogP contribution in [0.25, 0.3) is 0 Å². The van der Waals surface area contributed by atoms with Crippen molar-refractivity contribution in [3.8, 4) is 11.5 Å². The number of nitrogens with zero attached hydrogens (tertiary/aromatic N) is 2. The van der Waals surface area contributed by atoms with Gasteiger partial charge in [-0.3, -0.25) is 18.7 Å². The number of hydrogen-bond donors (Lipinski definition) is 2. The quantitative estimate of drug-likeness (QED) is 0.422. The SMILES string of the molecule is CCn1c(=O)c(C(=O)C[NH+](C)Cc2cccc(OC)c2OC)c(N)n(Cc2ccccc2)c1=O.